The van der Waals surface area contributed by atoms with Crippen LogP contribution in [0.3, 0.4) is 0 Å². The van der Waals surface area contributed by atoms with Crippen LogP contribution in [0.1, 0.15) is 23.3 Å². The van der Waals surface area contributed by atoms with Crippen molar-refractivity contribution in [2.45, 2.75) is 18.9 Å². The Labute approximate surface area is 148 Å². The van der Waals surface area contributed by atoms with E-state index in [-0.39, 0.29) is 11.9 Å². The number of nitrogens with one attached hydrogen (secondary N) is 2. The molecule has 1 aliphatic heterocycles. The van der Waals surface area contributed by atoms with Gasteiger partial charge in [-0.3, -0.25) is 9.78 Å². The smallest absolute Gasteiger partial charge is 0.269 e. The molecular formula is C16H17N7OS. The Morgan fingerprint density at radius 3 is 3.08 bits per heavy atom. The molecule has 0 saturated carbocycles. The fraction of sp³-hybridized carbons (Fsp3) is 0.312. The molecule has 4 rings (SSSR count). The molecule has 3 aromatic rings. The average Bonchev–Trinajstić information content (AvgIpc) is 3.35. The summed E-state index contributed by atoms with van der Waals surface area (Å²) in [4.78, 5) is 25.2. The number of amides is 1. The summed E-state index contributed by atoms with van der Waals surface area (Å²) in [6.45, 7) is 1.64. The first-order chi connectivity index (χ1) is 12.3. The molecule has 3 aromatic heterocycles. The number of imidazole rings is 1. The van der Waals surface area contributed by atoms with E-state index in [1.54, 1.807) is 23.7 Å². The molecule has 4 heterocycles. The van der Waals surface area contributed by atoms with Gasteiger partial charge >= 0.3 is 0 Å². The zero-order valence-corrected chi connectivity index (χ0v) is 14.2. The number of H-pyrrole nitrogens is 1. The zero-order valence-electron chi connectivity index (χ0n) is 13.4. The lowest BCUT2D eigenvalue weighted by molar-refractivity contribution is 0.0928. The van der Waals surface area contributed by atoms with Crippen LogP contribution in [0.2, 0.25) is 0 Å². The largest absolute Gasteiger partial charge is 0.346 e. The topological polar surface area (TPSA) is 99.7 Å². The first-order valence-corrected chi connectivity index (χ1v) is 8.89. The number of anilines is 1. The van der Waals surface area contributed by atoms with Crippen molar-refractivity contribution in [1.82, 2.24) is 30.5 Å². The van der Waals surface area contributed by atoms with E-state index in [0.717, 1.165) is 41.6 Å². The van der Waals surface area contributed by atoms with Crippen molar-refractivity contribution in [1.29, 1.82) is 0 Å². The maximum Gasteiger partial charge on any atom is 0.269 e. The summed E-state index contributed by atoms with van der Waals surface area (Å²) in [5.41, 5.74) is 1.44. The van der Waals surface area contributed by atoms with Gasteiger partial charge < -0.3 is 15.2 Å². The number of aromatic amines is 1. The van der Waals surface area contributed by atoms with E-state index >= 15 is 0 Å². The van der Waals surface area contributed by atoms with Gasteiger partial charge in [0.15, 0.2) is 5.01 Å². The summed E-state index contributed by atoms with van der Waals surface area (Å²) in [5.74, 6) is -0.127. The molecule has 1 aliphatic rings. The monoisotopic (exact) mass is 355 g/mol. The first-order valence-electron chi connectivity index (χ1n) is 8.07. The van der Waals surface area contributed by atoms with E-state index < -0.39 is 0 Å². The second kappa shape index (κ2) is 6.98. The lowest BCUT2D eigenvalue weighted by Crippen LogP contribution is -2.47. The standard InChI is InChI=1S/C16H17N7OS/c24-14(13-8-18-10-19-13)20-12-4-2-6-23(9-12)16-22-21-15(25-16)11-3-1-5-17-7-11/h1,3,5,7-8,10,12H,2,4,6,9H2,(H,18,19)(H,20,24)/t12-/m0/s1. The number of carbonyl (C=O) groups excluding carboxylic acids is 1. The van der Waals surface area contributed by atoms with Gasteiger partial charge in [0, 0.05) is 37.1 Å². The fourth-order valence-corrected chi connectivity index (χ4v) is 3.73. The Bertz CT molecular complexity index is 833. The minimum Gasteiger partial charge on any atom is -0.346 e. The summed E-state index contributed by atoms with van der Waals surface area (Å²) in [6, 6.07) is 3.94. The minimum atomic E-state index is -0.127. The molecule has 0 spiro atoms. The van der Waals surface area contributed by atoms with Gasteiger partial charge in [-0.25, -0.2) is 4.98 Å². The van der Waals surface area contributed by atoms with Crippen LogP contribution in [-0.4, -0.2) is 50.2 Å². The second-order valence-electron chi connectivity index (χ2n) is 5.86. The normalized spacial score (nSPS) is 17.4. The number of aromatic nitrogens is 5. The molecule has 0 aliphatic carbocycles. The van der Waals surface area contributed by atoms with Crippen LogP contribution in [0.25, 0.3) is 10.6 Å². The number of hydrogen-bond donors (Lipinski definition) is 2. The number of hydrogen-bond acceptors (Lipinski definition) is 7. The molecule has 1 saturated heterocycles. The Hall–Kier alpha value is -2.81. The summed E-state index contributed by atoms with van der Waals surface area (Å²) < 4.78 is 0. The van der Waals surface area contributed by atoms with Gasteiger partial charge in [0.1, 0.15) is 5.69 Å². The van der Waals surface area contributed by atoms with Crippen LogP contribution in [0.4, 0.5) is 5.13 Å². The highest BCUT2D eigenvalue weighted by Gasteiger charge is 2.24. The summed E-state index contributed by atoms with van der Waals surface area (Å²) >= 11 is 1.55. The summed E-state index contributed by atoms with van der Waals surface area (Å²) in [5, 5.41) is 13.4. The van der Waals surface area contributed by atoms with Crippen LogP contribution in [0.5, 0.6) is 0 Å². The highest BCUT2D eigenvalue weighted by molar-refractivity contribution is 7.18. The number of nitrogens with zero attached hydrogens (tertiary/aromatic N) is 5. The van der Waals surface area contributed by atoms with Crippen molar-refractivity contribution in [3.05, 3.63) is 42.7 Å². The molecule has 8 nitrogen and oxygen atoms in total. The molecule has 1 atom stereocenters. The molecule has 1 amide bonds. The predicted molar refractivity (Wildman–Crippen MR) is 94.4 cm³/mol. The molecule has 2 N–H and O–H groups in total. The minimum absolute atomic E-state index is 0.0790. The third kappa shape index (κ3) is 3.50. The van der Waals surface area contributed by atoms with Gasteiger partial charge in [0.05, 0.1) is 12.5 Å². The van der Waals surface area contributed by atoms with E-state index in [1.165, 1.54) is 12.5 Å². The highest BCUT2D eigenvalue weighted by atomic mass is 32.1. The maximum atomic E-state index is 12.2. The Kier molecular flexibility index (Phi) is 4.38. The van der Waals surface area contributed by atoms with E-state index in [0.29, 0.717) is 5.69 Å². The Morgan fingerprint density at radius 2 is 2.28 bits per heavy atom. The lowest BCUT2D eigenvalue weighted by Gasteiger charge is -2.32. The van der Waals surface area contributed by atoms with Gasteiger partial charge in [-0.05, 0) is 25.0 Å². The van der Waals surface area contributed by atoms with Crippen molar-refractivity contribution >= 4 is 22.4 Å². The van der Waals surface area contributed by atoms with Gasteiger partial charge in [-0.2, -0.15) is 0 Å². The third-order valence-electron chi connectivity index (χ3n) is 4.09. The molecule has 25 heavy (non-hydrogen) atoms. The van der Waals surface area contributed by atoms with E-state index in [1.807, 2.05) is 12.1 Å². The molecule has 9 heteroatoms. The second-order valence-corrected chi connectivity index (χ2v) is 6.81. The van der Waals surface area contributed by atoms with Crippen LogP contribution >= 0.6 is 11.3 Å². The zero-order chi connectivity index (χ0) is 17.1. The number of pyridine rings is 1. The predicted octanol–water partition coefficient (Wildman–Crippen LogP) is 1.72. The molecule has 0 bridgehead atoms. The summed E-state index contributed by atoms with van der Waals surface area (Å²) in [6.07, 6.45) is 8.50. The SMILES string of the molecule is O=C(N[C@H]1CCCN(c2nnc(-c3cccnc3)s2)C1)c1cnc[nH]1. The lowest BCUT2D eigenvalue weighted by atomic mass is 10.1. The Balaban J connectivity index is 1.43. The van der Waals surface area contributed by atoms with Crippen LogP contribution in [-0.2, 0) is 0 Å². The van der Waals surface area contributed by atoms with Crippen molar-refractivity contribution in [2.24, 2.45) is 0 Å². The summed E-state index contributed by atoms with van der Waals surface area (Å²) in [7, 11) is 0. The number of rotatable bonds is 4. The first kappa shape index (κ1) is 15.7. The molecule has 0 radical (unpaired) electrons. The molecule has 0 unspecified atom stereocenters. The fourth-order valence-electron chi connectivity index (χ4n) is 2.86. The van der Waals surface area contributed by atoms with Crippen LogP contribution < -0.4 is 10.2 Å². The van der Waals surface area contributed by atoms with Gasteiger partial charge in [0.25, 0.3) is 5.91 Å². The highest BCUT2D eigenvalue weighted by Crippen LogP contribution is 2.29. The van der Waals surface area contributed by atoms with Crippen LogP contribution in [0, 0.1) is 0 Å². The molecule has 1 fully saturated rings. The van der Waals surface area contributed by atoms with Gasteiger partial charge in [-0.1, -0.05) is 11.3 Å². The average molecular weight is 355 g/mol. The Morgan fingerprint density at radius 1 is 1.32 bits per heavy atom. The third-order valence-corrected chi connectivity index (χ3v) is 5.13. The quantitative estimate of drug-likeness (QED) is 0.739. The van der Waals surface area contributed by atoms with E-state index in [9.17, 15) is 4.79 Å². The van der Waals surface area contributed by atoms with Crippen molar-refractivity contribution in [3.8, 4) is 10.6 Å². The molecule has 0 aromatic carbocycles. The number of carbonyl (C=O) groups is 1. The van der Waals surface area contributed by atoms with Crippen molar-refractivity contribution in [2.75, 3.05) is 18.0 Å². The van der Waals surface area contributed by atoms with E-state index in [2.05, 4.69) is 35.4 Å². The van der Waals surface area contributed by atoms with Crippen LogP contribution in [0.15, 0.2) is 37.1 Å². The van der Waals surface area contributed by atoms with E-state index in [4.69, 9.17) is 0 Å². The molecular weight excluding hydrogens is 338 g/mol. The molecule has 128 valence electrons. The van der Waals surface area contributed by atoms with Gasteiger partial charge in [0.2, 0.25) is 5.13 Å². The van der Waals surface area contributed by atoms with Gasteiger partial charge in [-0.15, -0.1) is 10.2 Å². The van der Waals surface area contributed by atoms with Crippen molar-refractivity contribution < 1.29 is 4.79 Å². The maximum absolute atomic E-state index is 12.2. The number of piperidine rings is 1. The van der Waals surface area contributed by atoms with Crippen molar-refractivity contribution in [3.63, 3.8) is 0 Å².